The largest absolute Gasteiger partial charge is 0.363 e. The molecule has 140 valence electrons. The summed E-state index contributed by atoms with van der Waals surface area (Å²) in [6.45, 7) is 2.19. The zero-order valence-corrected chi connectivity index (χ0v) is 14.9. The molecule has 1 saturated carbocycles. The normalized spacial score (nSPS) is 23.8. The molecule has 4 rings (SSSR count). The van der Waals surface area contributed by atoms with E-state index in [0.717, 1.165) is 19.3 Å². The second-order valence-electron chi connectivity index (χ2n) is 6.40. The first-order chi connectivity index (χ1) is 12.5. The van der Waals surface area contributed by atoms with E-state index in [1.807, 2.05) is 0 Å². The molecular weight excluding hydrogens is 366 g/mol. The number of fused-ring (bicyclic) bond motifs is 1. The fourth-order valence-corrected chi connectivity index (χ4v) is 4.55. The molecule has 2 aromatic rings. The molecule has 1 aliphatic carbocycles. The van der Waals surface area contributed by atoms with Crippen LogP contribution >= 0.6 is 11.8 Å². The number of aromatic nitrogens is 1. The summed E-state index contributed by atoms with van der Waals surface area (Å²) in [6, 6.07) is 1.46. The fourth-order valence-electron chi connectivity index (χ4n) is 3.47. The van der Waals surface area contributed by atoms with Crippen LogP contribution in [0.25, 0.3) is 11.0 Å². The van der Waals surface area contributed by atoms with Gasteiger partial charge in [0.1, 0.15) is 0 Å². The van der Waals surface area contributed by atoms with Crippen molar-refractivity contribution >= 4 is 33.7 Å². The molecular formula is C17H18F2N2O4S. The lowest BCUT2D eigenvalue weighted by Crippen LogP contribution is -2.27. The number of benzene rings is 1. The first-order valence-corrected chi connectivity index (χ1v) is 9.37. The molecule has 0 bridgehead atoms. The van der Waals surface area contributed by atoms with Gasteiger partial charge < -0.3 is 19.3 Å². The van der Waals surface area contributed by atoms with Gasteiger partial charge in [-0.2, -0.15) is 4.39 Å². The van der Waals surface area contributed by atoms with Gasteiger partial charge in [-0.3, -0.25) is 4.79 Å². The Kier molecular flexibility index (Phi) is 4.85. The lowest BCUT2D eigenvalue weighted by atomic mass is 10.1. The standard InChI is InChI=1S/C17H18F2N2O4S/c1-8(22)26-12-4-2-3-11(12)20-16-10-7-9(17-23-5-6-24-17)13(18)14(19)15(10)25-21-16/h7,11-12,17H,2-6H2,1H3,(H,20,21). The van der Waals surface area contributed by atoms with Crippen molar-refractivity contribution in [3.05, 3.63) is 23.3 Å². The van der Waals surface area contributed by atoms with Crippen LogP contribution in [0.4, 0.5) is 14.6 Å². The van der Waals surface area contributed by atoms with E-state index in [0.29, 0.717) is 24.4 Å². The van der Waals surface area contributed by atoms with Crippen molar-refractivity contribution in [2.24, 2.45) is 0 Å². The van der Waals surface area contributed by atoms with Gasteiger partial charge in [-0.25, -0.2) is 4.39 Å². The Balaban J connectivity index is 1.66. The Hall–Kier alpha value is -1.71. The van der Waals surface area contributed by atoms with Crippen molar-refractivity contribution in [2.75, 3.05) is 18.5 Å². The molecule has 2 heterocycles. The van der Waals surface area contributed by atoms with Crippen LogP contribution < -0.4 is 5.32 Å². The summed E-state index contributed by atoms with van der Waals surface area (Å²) in [6.07, 6.45) is 1.82. The summed E-state index contributed by atoms with van der Waals surface area (Å²) >= 11 is 1.29. The maximum Gasteiger partial charge on any atom is 0.207 e. The molecule has 9 heteroatoms. The lowest BCUT2D eigenvalue weighted by Gasteiger charge is -2.19. The molecule has 1 aliphatic heterocycles. The van der Waals surface area contributed by atoms with Crippen LogP contribution in [0.2, 0.25) is 0 Å². The van der Waals surface area contributed by atoms with Gasteiger partial charge in [0, 0.05) is 23.8 Å². The van der Waals surface area contributed by atoms with E-state index in [9.17, 15) is 13.6 Å². The monoisotopic (exact) mass is 384 g/mol. The predicted octanol–water partition coefficient (Wildman–Crippen LogP) is 3.76. The van der Waals surface area contributed by atoms with E-state index in [1.165, 1.54) is 24.8 Å². The number of carbonyl (C=O) groups is 1. The van der Waals surface area contributed by atoms with E-state index < -0.39 is 17.9 Å². The third-order valence-electron chi connectivity index (χ3n) is 4.64. The van der Waals surface area contributed by atoms with Crippen molar-refractivity contribution in [1.29, 1.82) is 0 Å². The van der Waals surface area contributed by atoms with Crippen molar-refractivity contribution in [2.45, 2.75) is 43.8 Å². The summed E-state index contributed by atoms with van der Waals surface area (Å²) in [4.78, 5) is 11.4. The predicted molar refractivity (Wildman–Crippen MR) is 91.9 cm³/mol. The summed E-state index contributed by atoms with van der Waals surface area (Å²) in [5, 5.41) is 7.61. The smallest absolute Gasteiger partial charge is 0.207 e. The zero-order chi connectivity index (χ0) is 18.3. The number of carbonyl (C=O) groups excluding carboxylic acids is 1. The van der Waals surface area contributed by atoms with E-state index in [2.05, 4.69) is 10.5 Å². The summed E-state index contributed by atoms with van der Waals surface area (Å²) in [5.74, 6) is -1.84. The Bertz CT molecular complexity index is 838. The van der Waals surface area contributed by atoms with Crippen LogP contribution in [0.5, 0.6) is 0 Å². The number of nitrogens with one attached hydrogen (secondary N) is 1. The van der Waals surface area contributed by atoms with Crippen molar-refractivity contribution in [3.8, 4) is 0 Å². The topological polar surface area (TPSA) is 73.6 Å². The molecule has 2 aliphatic rings. The third-order valence-corrected chi connectivity index (χ3v) is 5.84. The van der Waals surface area contributed by atoms with Crippen molar-refractivity contribution in [1.82, 2.24) is 5.16 Å². The second kappa shape index (κ2) is 7.13. The van der Waals surface area contributed by atoms with Gasteiger partial charge >= 0.3 is 0 Å². The Morgan fingerprint density at radius 3 is 2.77 bits per heavy atom. The summed E-state index contributed by atoms with van der Waals surface area (Å²) in [5.41, 5.74) is -0.264. The second-order valence-corrected chi connectivity index (χ2v) is 7.82. The number of nitrogens with zero attached hydrogens (tertiary/aromatic N) is 1. The molecule has 6 nitrogen and oxygen atoms in total. The van der Waals surface area contributed by atoms with Gasteiger partial charge in [0.05, 0.1) is 18.6 Å². The molecule has 1 aromatic heterocycles. The van der Waals surface area contributed by atoms with Crippen LogP contribution in [0.3, 0.4) is 0 Å². The molecule has 0 amide bonds. The number of halogens is 2. The molecule has 2 fully saturated rings. The first-order valence-electron chi connectivity index (χ1n) is 8.49. The lowest BCUT2D eigenvalue weighted by molar-refractivity contribution is -0.109. The van der Waals surface area contributed by atoms with Crippen molar-refractivity contribution < 1.29 is 27.6 Å². The summed E-state index contributed by atoms with van der Waals surface area (Å²) < 4.78 is 44.3. The average Bonchev–Trinajstić information content (AvgIpc) is 3.33. The van der Waals surface area contributed by atoms with Gasteiger partial charge in [0.25, 0.3) is 0 Å². The number of rotatable bonds is 4. The van der Waals surface area contributed by atoms with Gasteiger partial charge in [0.15, 0.2) is 23.0 Å². The average molecular weight is 384 g/mol. The Morgan fingerprint density at radius 1 is 1.27 bits per heavy atom. The minimum absolute atomic E-state index is 0.00717. The molecule has 1 N–H and O–H groups in total. The molecule has 2 atom stereocenters. The van der Waals surface area contributed by atoms with Crippen LogP contribution in [0.1, 0.15) is 38.0 Å². The highest BCUT2D eigenvalue weighted by Crippen LogP contribution is 2.37. The van der Waals surface area contributed by atoms with Crippen molar-refractivity contribution in [3.63, 3.8) is 0 Å². The quantitative estimate of drug-likeness (QED) is 0.860. The first kappa shape index (κ1) is 17.7. The molecule has 1 saturated heterocycles. The number of ether oxygens (including phenoxy) is 2. The minimum Gasteiger partial charge on any atom is -0.363 e. The van der Waals surface area contributed by atoms with E-state index in [1.54, 1.807) is 0 Å². The fraction of sp³-hybridized carbons (Fsp3) is 0.529. The Labute approximate surface area is 152 Å². The SMILES string of the molecule is CC(=O)SC1CCCC1Nc1noc2c(F)c(F)c(C3OCCO3)cc12. The van der Waals surface area contributed by atoms with Crippen LogP contribution in [-0.2, 0) is 14.3 Å². The van der Waals surface area contributed by atoms with E-state index in [4.69, 9.17) is 14.0 Å². The number of hydrogen-bond donors (Lipinski definition) is 1. The molecule has 2 unspecified atom stereocenters. The van der Waals surface area contributed by atoms with Gasteiger partial charge in [-0.05, 0) is 18.9 Å². The van der Waals surface area contributed by atoms with E-state index in [-0.39, 0.29) is 27.6 Å². The van der Waals surface area contributed by atoms with Gasteiger partial charge in [-0.15, -0.1) is 0 Å². The third kappa shape index (κ3) is 3.19. The zero-order valence-electron chi connectivity index (χ0n) is 14.1. The molecule has 0 spiro atoms. The van der Waals surface area contributed by atoms with Crippen LogP contribution in [-0.4, -0.2) is 34.8 Å². The van der Waals surface area contributed by atoms with Gasteiger partial charge in [0.2, 0.25) is 11.4 Å². The molecule has 0 radical (unpaired) electrons. The van der Waals surface area contributed by atoms with E-state index >= 15 is 0 Å². The Morgan fingerprint density at radius 2 is 2.04 bits per heavy atom. The van der Waals surface area contributed by atoms with Crippen LogP contribution in [0.15, 0.2) is 10.6 Å². The maximum absolute atomic E-state index is 14.4. The number of thioether (sulfide) groups is 1. The number of hydrogen-bond acceptors (Lipinski definition) is 7. The highest BCUT2D eigenvalue weighted by atomic mass is 32.2. The number of anilines is 1. The summed E-state index contributed by atoms with van der Waals surface area (Å²) in [7, 11) is 0. The van der Waals surface area contributed by atoms with Crippen LogP contribution in [0, 0.1) is 11.6 Å². The molecule has 1 aromatic carbocycles. The van der Waals surface area contributed by atoms with Gasteiger partial charge in [-0.1, -0.05) is 23.3 Å². The highest BCUT2D eigenvalue weighted by Gasteiger charge is 2.32. The minimum atomic E-state index is -1.11. The molecule has 26 heavy (non-hydrogen) atoms. The highest BCUT2D eigenvalue weighted by molar-refractivity contribution is 8.14. The maximum atomic E-state index is 14.4.